The molecule has 1 aliphatic carbocycles. The number of hydrogen-bond acceptors (Lipinski definition) is 5. The standard InChI is InChI=1S/C32H38N4O5S/c1-20-17-35(18-21(2)41-20)32(38)25-15-23-11-7-8-12-26(23)30-29(22-9-5-4-6-10-22)27-14-13-24(16-28(27)36(30)19-25)31(37)34-42(39,40)33-3/h7-8,11-16,20-22,33H,4-6,9-10,17-19H2,1-3H3,(H,34,37)/t20-,21+. The smallest absolute Gasteiger partial charge is 0.301 e. The second kappa shape index (κ2) is 11.3. The van der Waals surface area contributed by atoms with Gasteiger partial charge in [-0.3, -0.25) is 9.59 Å². The number of benzene rings is 2. The van der Waals surface area contributed by atoms with E-state index in [1.165, 1.54) is 19.0 Å². The first-order valence-electron chi connectivity index (χ1n) is 14.8. The SMILES string of the molecule is CNS(=O)(=O)NC(=O)c1ccc2c(C3CCCCC3)c3n(c2c1)CC(C(=O)N1C[C@@H](C)O[C@@H](C)C1)=Cc1ccccc1-3. The zero-order valence-corrected chi connectivity index (χ0v) is 25.2. The highest BCUT2D eigenvalue weighted by atomic mass is 32.2. The zero-order chi connectivity index (χ0) is 29.6. The number of carbonyl (C=O) groups is 2. The molecule has 0 radical (unpaired) electrons. The van der Waals surface area contributed by atoms with Crippen LogP contribution in [0.15, 0.2) is 48.0 Å². The number of aromatic nitrogens is 1. The molecule has 2 aliphatic heterocycles. The van der Waals surface area contributed by atoms with Gasteiger partial charge in [-0.2, -0.15) is 8.42 Å². The van der Waals surface area contributed by atoms with Gasteiger partial charge in [0.25, 0.3) is 11.8 Å². The van der Waals surface area contributed by atoms with Gasteiger partial charge >= 0.3 is 10.2 Å². The van der Waals surface area contributed by atoms with Crippen molar-refractivity contribution < 1.29 is 22.7 Å². The molecular formula is C32H38N4O5S. The molecule has 1 saturated carbocycles. The molecule has 9 nitrogen and oxygen atoms in total. The Bertz CT molecular complexity index is 1680. The summed E-state index contributed by atoms with van der Waals surface area (Å²) >= 11 is 0. The van der Waals surface area contributed by atoms with Crippen LogP contribution in [0.3, 0.4) is 0 Å². The fourth-order valence-electron chi connectivity index (χ4n) is 6.93. The molecule has 3 aliphatic rings. The first-order valence-corrected chi connectivity index (χ1v) is 16.3. The molecule has 2 atom stereocenters. The van der Waals surface area contributed by atoms with Crippen LogP contribution in [0.1, 0.15) is 73.4 Å². The molecule has 0 spiro atoms. The van der Waals surface area contributed by atoms with E-state index in [0.29, 0.717) is 31.1 Å². The van der Waals surface area contributed by atoms with Crippen LogP contribution in [0.4, 0.5) is 0 Å². The van der Waals surface area contributed by atoms with Crippen molar-refractivity contribution in [1.82, 2.24) is 18.9 Å². The molecule has 2 N–H and O–H groups in total. The average molecular weight is 591 g/mol. The van der Waals surface area contributed by atoms with Gasteiger partial charge in [-0.05, 0) is 61.9 Å². The van der Waals surface area contributed by atoms with E-state index < -0.39 is 16.1 Å². The molecule has 2 fully saturated rings. The van der Waals surface area contributed by atoms with E-state index in [9.17, 15) is 18.0 Å². The Morgan fingerprint density at radius 3 is 2.40 bits per heavy atom. The highest BCUT2D eigenvalue weighted by Gasteiger charge is 2.33. The molecule has 3 heterocycles. The molecule has 10 heteroatoms. The molecule has 222 valence electrons. The summed E-state index contributed by atoms with van der Waals surface area (Å²) in [5.41, 5.74) is 6.11. The predicted octanol–water partition coefficient (Wildman–Crippen LogP) is 4.58. The predicted molar refractivity (Wildman–Crippen MR) is 163 cm³/mol. The van der Waals surface area contributed by atoms with Crippen molar-refractivity contribution in [3.8, 4) is 11.3 Å². The van der Waals surface area contributed by atoms with Crippen LogP contribution in [0, 0.1) is 0 Å². The largest absolute Gasteiger partial charge is 0.372 e. The van der Waals surface area contributed by atoms with Crippen LogP contribution in [0.5, 0.6) is 0 Å². The minimum Gasteiger partial charge on any atom is -0.372 e. The minimum atomic E-state index is -3.96. The summed E-state index contributed by atoms with van der Waals surface area (Å²) in [4.78, 5) is 29.0. The van der Waals surface area contributed by atoms with E-state index in [0.717, 1.165) is 53.4 Å². The van der Waals surface area contributed by atoms with Crippen molar-refractivity contribution in [1.29, 1.82) is 0 Å². The van der Waals surface area contributed by atoms with E-state index in [4.69, 9.17) is 4.74 Å². The fourth-order valence-corrected chi connectivity index (χ4v) is 7.39. The Balaban J connectivity index is 1.53. The maximum absolute atomic E-state index is 14.1. The molecule has 1 aromatic heterocycles. The van der Waals surface area contributed by atoms with Crippen molar-refractivity contribution in [2.24, 2.45) is 0 Å². The lowest BCUT2D eigenvalue weighted by molar-refractivity contribution is -0.139. The Morgan fingerprint density at radius 1 is 0.976 bits per heavy atom. The Hall–Kier alpha value is -3.47. The first kappa shape index (κ1) is 28.6. The van der Waals surface area contributed by atoms with Gasteiger partial charge in [-0.25, -0.2) is 9.44 Å². The van der Waals surface area contributed by atoms with Crippen molar-refractivity contribution in [3.63, 3.8) is 0 Å². The van der Waals surface area contributed by atoms with Gasteiger partial charge in [0.2, 0.25) is 0 Å². The van der Waals surface area contributed by atoms with Crippen LogP contribution in [-0.4, -0.2) is 62.0 Å². The molecule has 6 rings (SSSR count). The number of nitrogens with one attached hydrogen (secondary N) is 2. The normalized spacial score (nSPS) is 21.3. The van der Waals surface area contributed by atoms with E-state index in [-0.39, 0.29) is 23.7 Å². The Morgan fingerprint density at radius 2 is 1.69 bits per heavy atom. The lowest BCUT2D eigenvalue weighted by Crippen LogP contribution is -2.48. The maximum atomic E-state index is 14.1. The average Bonchev–Trinajstić information content (AvgIpc) is 3.18. The highest BCUT2D eigenvalue weighted by Crippen LogP contribution is 2.46. The summed E-state index contributed by atoms with van der Waals surface area (Å²) < 4.78 is 36.4. The van der Waals surface area contributed by atoms with E-state index in [2.05, 4.69) is 26.1 Å². The first-order chi connectivity index (χ1) is 20.1. The molecule has 3 aromatic rings. The van der Waals surface area contributed by atoms with Gasteiger partial charge in [-0.15, -0.1) is 0 Å². The lowest BCUT2D eigenvalue weighted by atomic mass is 9.81. The second-order valence-electron chi connectivity index (χ2n) is 11.8. The van der Waals surface area contributed by atoms with Crippen LogP contribution < -0.4 is 9.44 Å². The maximum Gasteiger partial charge on any atom is 0.301 e. The summed E-state index contributed by atoms with van der Waals surface area (Å²) in [6, 6.07) is 13.6. The van der Waals surface area contributed by atoms with Crippen LogP contribution in [0.2, 0.25) is 0 Å². The number of rotatable bonds is 5. The Labute approximate surface area is 247 Å². The van der Waals surface area contributed by atoms with Crippen LogP contribution >= 0.6 is 0 Å². The second-order valence-corrected chi connectivity index (χ2v) is 13.4. The third-order valence-electron chi connectivity index (χ3n) is 8.73. The minimum absolute atomic E-state index is 0.0188. The molecule has 0 unspecified atom stereocenters. The number of hydrogen-bond donors (Lipinski definition) is 2. The van der Waals surface area contributed by atoms with E-state index >= 15 is 0 Å². The molecule has 2 amide bonds. The number of ether oxygens (including phenoxy) is 1. The lowest BCUT2D eigenvalue weighted by Gasteiger charge is -2.35. The number of carbonyl (C=O) groups excluding carboxylic acids is 2. The van der Waals surface area contributed by atoms with Crippen molar-refractivity contribution >= 4 is 39.0 Å². The number of morpholine rings is 1. The van der Waals surface area contributed by atoms with E-state index in [1.807, 2.05) is 43.0 Å². The molecule has 1 saturated heterocycles. The highest BCUT2D eigenvalue weighted by molar-refractivity contribution is 7.88. The number of fused-ring (bicyclic) bond motifs is 5. The van der Waals surface area contributed by atoms with Gasteiger partial charge < -0.3 is 14.2 Å². The van der Waals surface area contributed by atoms with Crippen molar-refractivity contribution in [3.05, 3.63) is 64.7 Å². The van der Waals surface area contributed by atoms with Gasteiger partial charge in [0, 0.05) is 47.7 Å². The summed E-state index contributed by atoms with van der Waals surface area (Å²) in [6.45, 7) is 5.37. The fraction of sp³-hybridized carbons (Fsp3) is 0.438. The summed E-state index contributed by atoms with van der Waals surface area (Å²) in [5.74, 6) is -0.374. The van der Waals surface area contributed by atoms with Crippen LogP contribution in [-0.2, 0) is 26.3 Å². The molecule has 0 bridgehead atoms. The van der Waals surface area contributed by atoms with Crippen molar-refractivity contribution in [2.45, 2.75) is 70.6 Å². The number of nitrogens with zero attached hydrogens (tertiary/aromatic N) is 2. The zero-order valence-electron chi connectivity index (χ0n) is 24.4. The third-order valence-corrected chi connectivity index (χ3v) is 9.72. The topological polar surface area (TPSA) is 110 Å². The van der Waals surface area contributed by atoms with Crippen LogP contribution in [0.25, 0.3) is 28.2 Å². The Kier molecular flexibility index (Phi) is 7.72. The van der Waals surface area contributed by atoms with Gasteiger partial charge in [0.05, 0.1) is 24.4 Å². The summed E-state index contributed by atoms with van der Waals surface area (Å²) in [6.07, 6.45) is 7.63. The summed E-state index contributed by atoms with van der Waals surface area (Å²) in [5, 5.41) is 1.04. The number of amides is 2. The van der Waals surface area contributed by atoms with Crippen molar-refractivity contribution in [2.75, 3.05) is 20.1 Å². The summed E-state index contributed by atoms with van der Waals surface area (Å²) in [7, 11) is -2.71. The van der Waals surface area contributed by atoms with Gasteiger partial charge in [0.1, 0.15) is 0 Å². The van der Waals surface area contributed by atoms with E-state index in [1.54, 1.807) is 12.1 Å². The molecular weight excluding hydrogens is 552 g/mol. The monoisotopic (exact) mass is 590 g/mol. The quantitative estimate of drug-likeness (QED) is 0.452. The third kappa shape index (κ3) is 5.39. The van der Waals surface area contributed by atoms with Gasteiger partial charge in [0.15, 0.2) is 0 Å². The molecule has 2 aromatic carbocycles. The van der Waals surface area contributed by atoms with Gasteiger partial charge in [-0.1, -0.05) is 49.6 Å². The molecule has 42 heavy (non-hydrogen) atoms.